The second-order valence-corrected chi connectivity index (χ2v) is 5.18. The third-order valence-electron chi connectivity index (χ3n) is 3.59. The van der Waals surface area contributed by atoms with Crippen molar-refractivity contribution in [3.8, 4) is 11.8 Å². The summed E-state index contributed by atoms with van der Waals surface area (Å²) in [7, 11) is 0. The second-order valence-electron chi connectivity index (χ2n) is 5.18. The topological polar surface area (TPSA) is 46.8 Å². The summed E-state index contributed by atoms with van der Waals surface area (Å²) in [5, 5.41) is 0. The minimum absolute atomic E-state index is 0.594. The first kappa shape index (κ1) is 13.6. The maximum Gasteiger partial charge on any atom is 0.206 e. The van der Waals surface area contributed by atoms with Crippen molar-refractivity contribution in [1.29, 1.82) is 0 Å². The van der Waals surface area contributed by atoms with Crippen LogP contribution in [0, 0.1) is 11.8 Å². The van der Waals surface area contributed by atoms with E-state index in [0.29, 0.717) is 12.4 Å². The molecular formula is C16H19N5. The van der Waals surface area contributed by atoms with Crippen molar-refractivity contribution in [2.45, 2.75) is 32.2 Å². The second kappa shape index (κ2) is 6.89. The van der Waals surface area contributed by atoms with Gasteiger partial charge in [0.15, 0.2) is 0 Å². The van der Waals surface area contributed by atoms with E-state index in [9.17, 15) is 0 Å². The Labute approximate surface area is 125 Å². The van der Waals surface area contributed by atoms with Crippen molar-refractivity contribution in [1.82, 2.24) is 19.5 Å². The van der Waals surface area contributed by atoms with E-state index < -0.39 is 0 Å². The van der Waals surface area contributed by atoms with Crippen LogP contribution >= 0.6 is 0 Å². The molecule has 0 amide bonds. The van der Waals surface area contributed by atoms with Gasteiger partial charge in [-0.1, -0.05) is 18.8 Å². The van der Waals surface area contributed by atoms with Crippen LogP contribution in [0.4, 0.5) is 5.82 Å². The van der Waals surface area contributed by atoms with Gasteiger partial charge in [-0.3, -0.25) is 0 Å². The van der Waals surface area contributed by atoms with Crippen LogP contribution in [0.25, 0.3) is 0 Å². The monoisotopic (exact) mass is 281 g/mol. The van der Waals surface area contributed by atoms with Gasteiger partial charge in [-0.05, 0) is 24.8 Å². The zero-order chi connectivity index (χ0) is 14.3. The predicted molar refractivity (Wildman–Crippen MR) is 81.8 cm³/mol. The molecule has 1 aliphatic heterocycles. The first-order valence-corrected chi connectivity index (χ1v) is 7.44. The molecule has 0 spiro atoms. The zero-order valence-corrected chi connectivity index (χ0v) is 12.1. The fourth-order valence-corrected chi connectivity index (χ4v) is 2.48. The number of rotatable bonds is 2. The van der Waals surface area contributed by atoms with Crippen LogP contribution in [0.2, 0.25) is 0 Å². The molecule has 0 aromatic carbocycles. The average molecular weight is 281 g/mol. The van der Waals surface area contributed by atoms with Crippen LogP contribution in [0.1, 0.15) is 31.5 Å². The van der Waals surface area contributed by atoms with Gasteiger partial charge < -0.3 is 9.47 Å². The van der Waals surface area contributed by atoms with Gasteiger partial charge in [-0.2, -0.15) is 0 Å². The Kier molecular flexibility index (Phi) is 4.47. The predicted octanol–water partition coefficient (Wildman–Crippen LogP) is 2.11. The molecule has 2 aromatic rings. The number of hydrogen-bond acceptors (Lipinski definition) is 4. The van der Waals surface area contributed by atoms with Crippen molar-refractivity contribution < 1.29 is 0 Å². The average Bonchev–Trinajstić information content (AvgIpc) is 2.88. The molecular weight excluding hydrogens is 262 g/mol. The number of imidazole rings is 1. The molecule has 0 atom stereocenters. The molecule has 5 nitrogen and oxygen atoms in total. The Morgan fingerprint density at radius 1 is 1.10 bits per heavy atom. The molecule has 1 saturated heterocycles. The summed E-state index contributed by atoms with van der Waals surface area (Å²) in [6.45, 7) is 2.77. The van der Waals surface area contributed by atoms with Crippen molar-refractivity contribution >= 4 is 5.82 Å². The molecule has 0 unspecified atom stereocenters. The van der Waals surface area contributed by atoms with E-state index >= 15 is 0 Å². The van der Waals surface area contributed by atoms with Gasteiger partial charge in [-0.25, -0.2) is 15.0 Å². The first-order valence-electron chi connectivity index (χ1n) is 7.44. The molecule has 1 aliphatic rings. The largest absolute Gasteiger partial charge is 0.356 e. The molecule has 2 aromatic heterocycles. The molecule has 3 rings (SSSR count). The van der Waals surface area contributed by atoms with E-state index in [2.05, 4.69) is 31.7 Å². The number of nitrogens with zero attached hydrogens (tertiary/aromatic N) is 5. The third-order valence-corrected chi connectivity index (χ3v) is 3.59. The molecule has 108 valence electrons. The molecule has 21 heavy (non-hydrogen) atoms. The lowest BCUT2D eigenvalue weighted by Crippen LogP contribution is -2.25. The van der Waals surface area contributed by atoms with E-state index in [1.54, 1.807) is 18.7 Å². The van der Waals surface area contributed by atoms with Crippen LogP contribution in [0.5, 0.6) is 0 Å². The van der Waals surface area contributed by atoms with Gasteiger partial charge in [0.2, 0.25) is 5.82 Å². The SMILES string of the molecule is C(#Cc1nccc(N2CCCCCC2)n1)Cn1ccnc1. The summed E-state index contributed by atoms with van der Waals surface area (Å²) in [5.74, 6) is 7.70. The van der Waals surface area contributed by atoms with Crippen molar-refractivity contribution in [2.24, 2.45) is 0 Å². The molecule has 3 heterocycles. The lowest BCUT2D eigenvalue weighted by atomic mass is 10.2. The van der Waals surface area contributed by atoms with Crippen LogP contribution < -0.4 is 4.90 Å². The van der Waals surface area contributed by atoms with Gasteiger partial charge in [-0.15, -0.1) is 0 Å². The standard InChI is InChI=1S/C16H19N5/c1-2-4-12-21(11-3-1)16-7-8-18-15(19-16)6-5-10-20-13-9-17-14-20/h7-9,13-14H,1-4,10-12H2. The quantitative estimate of drug-likeness (QED) is 0.791. The van der Waals surface area contributed by atoms with Crippen molar-refractivity contribution in [3.63, 3.8) is 0 Å². The molecule has 5 heteroatoms. The maximum atomic E-state index is 4.57. The summed E-state index contributed by atoms with van der Waals surface area (Å²) < 4.78 is 1.92. The van der Waals surface area contributed by atoms with Crippen LogP contribution in [-0.2, 0) is 6.54 Å². The van der Waals surface area contributed by atoms with E-state index in [-0.39, 0.29) is 0 Å². The number of anilines is 1. The van der Waals surface area contributed by atoms with Crippen molar-refractivity contribution in [3.05, 3.63) is 36.8 Å². The first-order chi connectivity index (χ1) is 10.4. The van der Waals surface area contributed by atoms with E-state index in [1.165, 1.54) is 25.7 Å². The third kappa shape index (κ3) is 3.82. The van der Waals surface area contributed by atoms with Crippen LogP contribution in [-0.4, -0.2) is 32.6 Å². The fraction of sp³-hybridized carbons (Fsp3) is 0.438. The Balaban J connectivity index is 1.69. The minimum atomic E-state index is 0.594. The maximum absolute atomic E-state index is 4.57. The molecule has 0 radical (unpaired) electrons. The summed E-state index contributed by atoms with van der Waals surface area (Å²) in [6.07, 6.45) is 12.3. The Morgan fingerprint density at radius 3 is 2.71 bits per heavy atom. The molecule has 0 N–H and O–H groups in total. The number of hydrogen-bond donors (Lipinski definition) is 0. The summed E-state index contributed by atoms with van der Waals surface area (Å²) in [5.41, 5.74) is 0. The van der Waals surface area contributed by atoms with Gasteiger partial charge in [0.1, 0.15) is 5.82 Å². The van der Waals surface area contributed by atoms with Gasteiger partial charge in [0.05, 0.1) is 12.9 Å². The summed E-state index contributed by atoms with van der Waals surface area (Å²) in [4.78, 5) is 15.1. The highest BCUT2D eigenvalue weighted by atomic mass is 15.2. The van der Waals surface area contributed by atoms with E-state index in [0.717, 1.165) is 18.9 Å². The van der Waals surface area contributed by atoms with Gasteiger partial charge in [0, 0.05) is 31.7 Å². The van der Waals surface area contributed by atoms with Crippen molar-refractivity contribution in [2.75, 3.05) is 18.0 Å². The molecule has 0 aliphatic carbocycles. The highest BCUT2D eigenvalue weighted by Crippen LogP contribution is 2.16. The fourth-order valence-electron chi connectivity index (χ4n) is 2.48. The van der Waals surface area contributed by atoms with E-state index in [1.807, 2.05) is 16.8 Å². The molecule has 0 bridgehead atoms. The van der Waals surface area contributed by atoms with Gasteiger partial charge in [0.25, 0.3) is 0 Å². The highest BCUT2D eigenvalue weighted by molar-refractivity contribution is 5.39. The summed E-state index contributed by atoms with van der Waals surface area (Å²) in [6, 6.07) is 1.98. The lowest BCUT2D eigenvalue weighted by Gasteiger charge is -2.20. The molecule has 0 saturated carbocycles. The lowest BCUT2D eigenvalue weighted by molar-refractivity contribution is 0.726. The highest BCUT2D eigenvalue weighted by Gasteiger charge is 2.11. The van der Waals surface area contributed by atoms with Gasteiger partial charge >= 0.3 is 0 Å². The zero-order valence-electron chi connectivity index (χ0n) is 12.1. The normalized spacial score (nSPS) is 15.1. The smallest absolute Gasteiger partial charge is 0.206 e. The van der Waals surface area contributed by atoms with Crippen LogP contribution in [0.3, 0.4) is 0 Å². The van der Waals surface area contributed by atoms with E-state index in [4.69, 9.17) is 0 Å². The Hall–Kier alpha value is -2.35. The minimum Gasteiger partial charge on any atom is -0.356 e. The number of aromatic nitrogens is 4. The Bertz CT molecular complexity index is 616. The molecule has 1 fully saturated rings. The Morgan fingerprint density at radius 2 is 1.95 bits per heavy atom. The van der Waals surface area contributed by atoms with Crippen LogP contribution in [0.15, 0.2) is 31.0 Å². The summed E-state index contributed by atoms with van der Waals surface area (Å²) >= 11 is 0.